The largest absolute Gasteiger partial charge is 0.457 e. The first-order chi connectivity index (χ1) is 8.58. The van der Waals surface area contributed by atoms with E-state index in [4.69, 9.17) is 15.3 Å². The van der Waals surface area contributed by atoms with Crippen LogP contribution in [0.3, 0.4) is 0 Å². The summed E-state index contributed by atoms with van der Waals surface area (Å²) in [6.45, 7) is -1.14. The Bertz CT molecular complexity index is 450. The number of hydrogen-bond donors (Lipinski definition) is 4. The molecule has 2 heterocycles. The summed E-state index contributed by atoms with van der Waals surface area (Å²) < 4.78 is 13.3. The molecule has 2 aliphatic heterocycles. The molecule has 2 unspecified atom stereocenters. The lowest BCUT2D eigenvalue weighted by Gasteiger charge is -2.37. The first kappa shape index (κ1) is 13.7. The second-order valence-corrected chi connectivity index (χ2v) is 4.30. The molecule has 0 aliphatic carbocycles. The molecule has 2 fully saturated rings. The molecule has 0 amide bonds. The third kappa shape index (κ3) is 2.14. The minimum atomic E-state index is -3.82. The topological polar surface area (TPSA) is 160 Å². The van der Waals surface area contributed by atoms with Crippen LogP contribution in [0.5, 0.6) is 0 Å². The molecule has 0 aromatic rings. The lowest BCUT2D eigenvalue weighted by molar-refractivity contribution is -0.449. The summed E-state index contributed by atoms with van der Waals surface area (Å²) in [7, 11) is 0. The van der Waals surface area contributed by atoms with Crippen molar-refractivity contribution in [2.24, 2.45) is 0 Å². The quantitative estimate of drug-likeness (QED) is 0.279. The van der Waals surface area contributed by atoms with E-state index < -0.39 is 54.7 Å². The van der Waals surface area contributed by atoms with Crippen molar-refractivity contribution in [3.8, 4) is 0 Å². The van der Waals surface area contributed by atoms with Gasteiger partial charge in [0.05, 0.1) is 12.8 Å². The van der Waals surface area contributed by atoms with E-state index in [1.54, 1.807) is 0 Å². The van der Waals surface area contributed by atoms with Crippen molar-refractivity contribution < 1.29 is 49.0 Å². The van der Waals surface area contributed by atoms with Crippen LogP contribution < -0.4 is 0 Å². The Morgan fingerprint density at radius 2 is 1.58 bits per heavy atom. The van der Waals surface area contributed by atoms with Gasteiger partial charge in [0.1, 0.15) is 0 Å². The van der Waals surface area contributed by atoms with Crippen molar-refractivity contribution >= 4 is 17.9 Å². The van der Waals surface area contributed by atoms with Gasteiger partial charge in [-0.3, -0.25) is 9.59 Å². The first-order valence-corrected chi connectivity index (χ1v) is 5.08. The predicted octanol–water partition coefficient (Wildman–Crippen LogP) is -3.52. The summed E-state index contributed by atoms with van der Waals surface area (Å²) >= 11 is 0. The average Bonchev–Trinajstić information content (AvgIpc) is 2.27. The van der Waals surface area contributed by atoms with Gasteiger partial charge >= 0.3 is 29.7 Å². The lowest BCUT2D eigenvalue weighted by atomic mass is 9.95. The molecule has 10 nitrogen and oxygen atoms in total. The van der Waals surface area contributed by atoms with Gasteiger partial charge in [0.25, 0.3) is 0 Å². The maximum absolute atomic E-state index is 11.7. The highest BCUT2D eigenvalue weighted by atomic mass is 16.8. The third-order valence-electron chi connectivity index (χ3n) is 2.72. The van der Waals surface area contributed by atoms with Gasteiger partial charge in [-0.15, -0.1) is 0 Å². The van der Waals surface area contributed by atoms with Crippen molar-refractivity contribution in [2.75, 3.05) is 6.61 Å². The Balaban J connectivity index is 2.54. The molecule has 106 valence electrons. The Labute approximate surface area is 105 Å². The number of rotatable bonds is 1. The smallest absolute Gasteiger partial charge is 0.373 e. The van der Waals surface area contributed by atoms with Gasteiger partial charge < -0.3 is 34.6 Å². The van der Waals surface area contributed by atoms with E-state index in [0.717, 1.165) is 0 Å². The molecule has 2 rings (SSSR count). The van der Waals surface area contributed by atoms with Gasteiger partial charge in [-0.1, -0.05) is 0 Å². The molecular formula is C9H10O10. The molecule has 0 aromatic carbocycles. The second-order valence-electron chi connectivity index (χ2n) is 4.30. The summed E-state index contributed by atoms with van der Waals surface area (Å²) in [5, 5.41) is 37.3. The minimum absolute atomic E-state index is 0.869. The fourth-order valence-corrected chi connectivity index (χ4v) is 1.69. The number of hydrogen-bond acceptors (Lipinski definition) is 10. The van der Waals surface area contributed by atoms with Crippen LogP contribution in [-0.2, 0) is 28.6 Å². The highest BCUT2D eigenvalue weighted by Crippen LogP contribution is 2.35. The number of carbonyl (C=O) groups is 3. The predicted molar refractivity (Wildman–Crippen MR) is 49.4 cm³/mol. The molecule has 0 aromatic heterocycles. The van der Waals surface area contributed by atoms with E-state index >= 15 is 0 Å². The first-order valence-electron chi connectivity index (χ1n) is 5.08. The third-order valence-corrected chi connectivity index (χ3v) is 2.72. The Kier molecular flexibility index (Phi) is 2.79. The zero-order chi connectivity index (χ0) is 14.5. The van der Waals surface area contributed by atoms with Crippen molar-refractivity contribution in [3.05, 3.63) is 0 Å². The number of aliphatic hydroxyl groups is 4. The maximum Gasteiger partial charge on any atom is 0.373 e. The van der Waals surface area contributed by atoms with Gasteiger partial charge in [-0.25, -0.2) is 4.79 Å². The molecule has 2 atom stereocenters. The average molecular weight is 278 g/mol. The molecule has 19 heavy (non-hydrogen) atoms. The summed E-state index contributed by atoms with van der Waals surface area (Å²) in [6.07, 6.45) is -1.83. The van der Waals surface area contributed by atoms with Crippen molar-refractivity contribution in [2.45, 2.75) is 30.2 Å². The van der Waals surface area contributed by atoms with E-state index in [-0.39, 0.29) is 0 Å². The maximum atomic E-state index is 11.7. The molecule has 10 heteroatoms. The monoisotopic (exact) mass is 278 g/mol. The van der Waals surface area contributed by atoms with E-state index in [0.29, 0.717) is 0 Å². The Morgan fingerprint density at radius 1 is 1.00 bits per heavy atom. The van der Waals surface area contributed by atoms with Crippen LogP contribution in [0, 0.1) is 0 Å². The number of carbonyl (C=O) groups excluding carboxylic acids is 3. The number of fused-ring (bicyclic) bond motifs is 3. The van der Waals surface area contributed by atoms with E-state index in [1.165, 1.54) is 0 Å². The standard InChI is InChI=1S/C9H10O10/c10-4-1-7(13)2-5(11)18-8(3-17-4,9(14,15)16)19-6(7)12/h13-16H,1-3H2. The van der Waals surface area contributed by atoms with E-state index in [2.05, 4.69) is 14.2 Å². The number of cyclic esters (lactones) is 1. The molecule has 2 bridgehead atoms. The molecule has 4 N–H and O–H groups in total. The molecule has 0 spiro atoms. The van der Waals surface area contributed by atoms with Gasteiger partial charge in [0, 0.05) is 0 Å². The molecule has 2 saturated heterocycles. The van der Waals surface area contributed by atoms with Crippen LogP contribution in [0.25, 0.3) is 0 Å². The lowest BCUT2D eigenvalue weighted by Crippen LogP contribution is -2.63. The van der Waals surface area contributed by atoms with Gasteiger partial charge in [-0.2, -0.15) is 0 Å². The summed E-state index contributed by atoms with van der Waals surface area (Å²) in [4.78, 5) is 34.4. The Morgan fingerprint density at radius 3 is 2.16 bits per heavy atom. The summed E-state index contributed by atoms with van der Waals surface area (Å²) in [6, 6.07) is 0. The molecule has 0 saturated carbocycles. The van der Waals surface area contributed by atoms with Crippen molar-refractivity contribution in [1.29, 1.82) is 0 Å². The van der Waals surface area contributed by atoms with Crippen LogP contribution in [0.1, 0.15) is 12.8 Å². The second kappa shape index (κ2) is 3.87. The minimum Gasteiger partial charge on any atom is -0.457 e. The highest BCUT2D eigenvalue weighted by Gasteiger charge is 2.64. The molecule has 0 radical (unpaired) electrons. The summed E-state index contributed by atoms with van der Waals surface area (Å²) in [5.41, 5.74) is -2.55. The van der Waals surface area contributed by atoms with Crippen molar-refractivity contribution in [1.82, 2.24) is 0 Å². The Hall–Kier alpha value is -1.75. The summed E-state index contributed by atoms with van der Waals surface area (Å²) in [5.74, 6) is -10.8. The van der Waals surface area contributed by atoms with Crippen LogP contribution in [0.2, 0.25) is 0 Å². The molecule has 2 aliphatic rings. The number of esters is 3. The normalized spacial score (nSPS) is 35.7. The molecular weight excluding hydrogens is 268 g/mol. The van der Waals surface area contributed by atoms with Gasteiger partial charge in [-0.05, 0) is 0 Å². The van der Waals surface area contributed by atoms with Crippen molar-refractivity contribution in [3.63, 3.8) is 0 Å². The number of ether oxygens (including phenoxy) is 3. The van der Waals surface area contributed by atoms with E-state index in [9.17, 15) is 19.5 Å². The van der Waals surface area contributed by atoms with Crippen LogP contribution in [0.15, 0.2) is 0 Å². The van der Waals surface area contributed by atoms with E-state index in [1.807, 2.05) is 0 Å². The zero-order valence-electron chi connectivity index (χ0n) is 9.36. The zero-order valence-corrected chi connectivity index (χ0v) is 9.36. The van der Waals surface area contributed by atoms with Gasteiger partial charge in [0.2, 0.25) is 0 Å². The SMILES string of the molecule is O=C1CC2(O)CC(=O)OC(C(O)(O)O)(CO1)OC2=O. The highest BCUT2D eigenvalue weighted by molar-refractivity contribution is 5.92. The van der Waals surface area contributed by atoms with Gasteiger partial charge in [0.15, 0.2) is 12.2 Å². The fraction of sp³-hybridized carbons (Fsp3) is 0.667. The fourth-order valence-electron chi connectivity index (χ4n) is 1.69. The van der Waals surface area contributed by atoms with Crippen LogP contribution in [-0.4, -0.2) is 62.3 Å². The van der Waals surface area contributed by atoms with Crippen LogP contribution in [0.4, 0.5) is 0 Å². The van der Waals surface area contributed by atoms with Crippen LogP contribution >= 0.6 is 0 Å².